The van der Waals surface area contributed by atoms with Gasteiger partial charge in [-0.1, -0.05) is 30.3 Å². The Hall–Kier alpha value is -2.38. The Labute approximate surface area is 162 Å². The first-order chi connectivity index (χ1) is 13.3. The molecule has 7 heteroatoms. The molecule has 28 heavy (non-hydrogen) atoms. The molecule has 2 aromatic rings. The van der Waals surface area contributed by atoms with Crippen molar-refractivity contribution in [2.75, 3.05) is 38.0 Å². The number of benzene rings is 2. The number of halogens is 3. The smallest absolute Gasteiger partial charge is 0.325 e. The van der Waals surface area contributed by atoms with Crippen LogP contribution < -0.4 is 5.32 Å². The van der Waals surface area contributed by atoms with Gasteiger partial charge in [0, 0.05) is 38.4 Å². The van der Waals surface area contributed by atoms with Gasteiger partial charge in [0.25, 0.3) is 0 Å². The lowest BCUT2D eigenvalue weighted by atomic mass is 10.1. The van der Waals surface area contributed by atoms with E-state index in [0.717, 1.165) is 44.9 Å². The molecule has 0 atom stereocenters. The van der Waals surface area contributed by atoms with Crippen LogP contribution in [0.1, 0.15) is 16.7 Å². The molecule has 1 aliphatic heterocycles. The summed E-state index contributed by atoms with van der Waals surface area (Å²) in [6, 6.07) is 13.0. The molecule has 0 saturated carbocycles. The van der Waals surface area contributed by atoms with E-state index in [0.29, 0.717) is 0 Å². The van der Waals surface area contributed by atoms with Gasteiger partial charge in [-0.05, 0) is 36.2 Å². The maximum atomic E-state index is 12.8. The fourth-order valence-corrected chi connectivity index (χ4v) is 3.31. The molecule has 1 fully saturated rings. The first-order valence-corrected chi connectivity index (χ1v) is 9.27. The van der Waals surface area contributed by atoms with E-state index in [-0.39, 0.29) is 18.1 Å². The number of hydrogen-bond donors (Lipinski definition) is 1. The Bertz CT molecular complexity index is 815. The highest BCUT2D eigenvalue weighted by molar-refractivity contribution is 5.92. The van der Waals surface area contributed by atoms with Crippen molar-refractivity contribution in [1.29, 1.82) is 0 Å². The molecule has 1 amide bonds. The van der Waals surface area contributed by atoms with Gasteiger partial charge in [-0.3, -0.25) is 14.6 Å². The lowest BCUT2D eigenvalue weighted by Gasteiger charge is -2.34. The summed E-state index contributed by atoms with van der Waals surface area (Å²) in [6.07, 6.45) is -4.42. The van der Waals surface area contributed by atoms with Gasteiger partial charge in [0.15, 0.2) is 0 Å². The zero-order valence-electron chi connectivity index (χ0n) is 15.8. The molecule has 0 aliphatic carbocycles. The van der Waals surface area contributed by atoms with E-state index in [9.17, 15) is 18.0 Å². The maximum Gasteiger partial charge on any atom is 0.416 e. The van der Waals surface area contributed by atoms with E-state index in [1.807, 2.05) is 17.0 Å². The topological polar surface area (TPSA) is 35.6 Å². The number of nitrogens with one attached hydrogen (secondary N) is 1. The van der Waals surface area contributed by atoms with Crippen molar-refractivity contribution >= 4 is 11.6 Å². The van der Waals surface area contributed by atoms with E-state index in [1.165, 1.54) is 23.3 Å². The molecule has 150 valence electrons. The Kier molecular flexibility index (Phi) is 6.36. The third-order valence-electron chi connectivity index (χ3n) is 4.96. The minimum absolute atomic E-state index is 0.165. The SMILES string of the molecule is Cc1ccccc1CN1CCN(CC(=O)Nc2cccc(C(F)(F)F)c2)CC1. The third-order valence-corrected chi connectivity index (χ3v) is 4.96. The molecular formula is C21H24F3N3O. The number of piperazine rings is 1. The molecule has 1 aliphatic rings. The first kappa shape index (κ1) is 20.4. The van der Waals surface area contributed by atoms with Gasteiger partial charge in [0.05, 0.1) is 12.1 Å². The van der Waals surface area contributed by atoms with Gasteiger partial charge in [0.2, 0.25) is 5.91 Å². The standard InChI is InChI=1S/C21H24F3N3O/c1-16-5-2-3-6-17(16)14-26-9-11-27(12-10-26)15-20(28)25-19-8-4-7-18(13-19)21(22,23)24/h2-8,13H,9-12,14-15H2,1H3,(H,25,28). The van der Waals surface area contributed by atoms with Crippen molar-refractivity contribution in [3.8, 4) is 0 Å². The molecule has 3 rings (SSSR count). The third kappa shape index (κ3) is 5.56. The van der Waals surface area contributed by atoms with Gasteiger partial charge < -0.3 is 5.32 Å². The van der Waals surface area contributed by atoms with Crippen LogP contribution >= 0.6 is 0 Å². The summed E-state index contributed by atoms with van der Waals surface area (Å²) in [4.78, 5) is 16.6. The lowest BCUT2D eigenvalue weighted by Crippen LogP contribution is -2.48. The molecule has 2 aromatic carbocycles. The predicted octanol–water partition coefficient (Wildman–Crippen LogP) is 3.77. The molecule has 0 radical (unpaired) electrons. The molecular weight excluding hydrogens is 367 g/mol. The van der Waals surface area contributed by atoms with E-state index >= 15 is 0 Å². The number of nitrogens with zero attached hydrogens (tertiary/aromatic N) is 2. The number of alkyl halides is 3. The van der Waals surface area contributed by atoms with Crippen molar-refractivity contribution in [2.24, 2.45) is 0 Å². The van der Waals surface area contributed by atoms with Gasteiger partial charge in [-0.25, -0.2) is 0 Å². The highest BCUT2D eigenvalue weighted by atomic mass is 19.4. The van der Waals surface area contributed by atoms with Crippen molar-refractivity contribution < 1.29 is 18.0 Å². The van der Waals surface area contributed by atoms with Crippen molar-refractivity contribution in [3.05, 3.63) is 65.2 Å². The Morgan fingerprint density at radius 2 is 1.68 bits per heavy atom. The average molecular weight is 391 g/mol. The Balaban J connectivity index is 1.47. The number of carbonyl (C=O) groups excluding carboxylic acids is 1. The summed E-state index contributed by atoms with van der Waals surface area (Å²) < 4.78 is 38.3. The average Bonchev–Trinajstić information content (AvgIpc) is 2.65. The van der Waals surface area contributed by atoms with Crippen LogP contribution in [0.5, 0.6) is 0 Å². The largest absolute Gasteiger partial charge is 0.416 e. The monoisotopic (exact) mass is 391 g/mol. The van der Waals surface area contributed by atoms with Crippen LogP contribution in [0.25, 0.3) is 0 Å². The van der Waals surface area contributed by atoms with Crippen LogP contribution in [0.15, 0.2) is 48.5 Å². The molecule has 4 nitrogen and oxygen atoms in total. The van der Waals surface area contributed by atoms with Gasteiger partial charge >= 0.3 is 6.18 Å². The minimum Gasteiger partial charge on any atom is -0.325 e. The van der Waals surface area contributed by atoms with E-state index in [1.54, 1.807) is 0 Å². The maximum absolute atomic E-state index is 12.8. The van der Waals surface area contributed by atoms with Crippen LogP contribution in [0.3, 0.4) is 0 Å². The lowest BCUT2D eigenvalue weighted by molar-refractivity contribution is -0.137. The van der Waals surface area contributed by atoms with Crippen LogP contribution in [0.2, 0.25) is 0 Å². The zero-order chi connectivity index (χ0) is 20.1. The molecule has 0 bridgehead atoms. The normalized spacial score (nSPS) is 16.1. The number of rotatable bonds is 5. The summed E-state index contributed by atoms with van der Waals surface area (Å²) in [5.41, 5.74) is 1.97. The minimum atomic E-state index is -4.42. The van der Waals surface area contributed by atoms with Gasteiger partial charge in [-0.15, -0.1) is 0 Å². The molecule has 0 spiro atoms. The number of aryl methyl sites for hydroxylation is 1. The number of hydrogen-bond acceptors (Lipinski definition) is 3. The Morgan fingerprint density at radius 1 is 1.00 bits per heavy atom. The van der Waals surface area contributed by atoms with Crippen LogP contribution in [-0.4, -0.2) is 48.4 Å². The molecule has 1 saturated heterocycles. The molecule has 1 N–H and O–H groups in total. The highest BCUT2D eigenvalue weighted by Crippen LogP contribution is 2.30. The number of amides is 1. The summed E-state index contributed by atoms with van der Waals surface area (Å²) >= 11 is 0. The van der Waals surface area contributed by atoms with E-state index in [4.69, 9.17) is 0 Å². The molecule has 0 aromatic heterocycles. The summed E-state index contributed by atoms with van der Waals surface area (Å²) in [6.45, 7) is 6.37. The summed E-state index contributed by atoms with van der Waals surface area (Å²) in [5.74, 6) is -0.299. The summed E-state index contributed by atoms with van der Waals surface area (Å²) in [7, 11) is 0. The second kappa shape index (κ2) is 8.75. The van der Waals surface area contributed by atoms with Crippen LogP contribution in [0.4, 0.5) is 18.9 Å². The fraction of sp³-hybridized carbons (Fsp3) is 0.381. The van der Waals surface area contributed by atoms with Crippen molar-refractivity contribution in [3.63, 3.8) is 0 Å². The van der Waals surface area contributed by atoms with Gasteiger partial charge in [0.1, 0.15) is 0 Å². The van der Waals surface area contributed by atoms with Crippen molar-refractivity contribution in [1.82, 2.24) is 9.80 Å². The predicted molar refractivity (Wildman–Crippen MR) is 103 cm³/mol. The second-order valence-electron chi connectivity index (χ2n) is 7.11. The fourth-order valence-electron chi connectivity index (χ4n) is 3.31. The van der Waals surface area contributed by atoms with E-state index < -0.39 is 11.7 Å². The highest BCUT2D eigenvalue weighted by Gasteiger charge is 2.30. The zero-order valence-corrected chi connectivity index (χ0v) is 15.8. The van der Waals surface area contributed by atoms with Crippen LogP contribution in [-0.2, 0) is 17.5 Å². The number of anilines is 1. The first-order valence-electron chi connectivity index (χ1n) is 9.27. The van der Waals surface area contributed by atoms with Crippen molar-refractivity contribution in [2.45, 2.75) is 19.6 Å². The number of carbonyl (C=O) groups is 1. The summed E-state index contributed by atoms with van der Waals surface area (Å²) in [5, 5.41) is 2.57. The molecule has 1 heterocycles. The molecule has 0 unspecified atom stereocenters. The quantitative estimate of drug-likeness (QED) is 0.843. The Morgan fingerprint density at radius 3 is 2.36 bits per heavy atom. The van der Waals surface area contributed by atoms with Gasteiger partial charge in [-0.2, -0.15) is 13.2 Å². The van der Waals surface area contributed by atoms with Crippen LogP contribution in [0, 0.1) is 6.92 Å². The second-order valence-corrected chi connectivity index (χ2v) is 7.11. The van der Waals surface area contributed by atoms with E-state index in [2.05, 4.69) is 29.3 Å².